The lowest BCUT2D eigenvalue weighted by atomic mass is 10.3. The summed E-state index contributed by atoms with van der Waals surface area (Å²) in [5, 5.41) is 8.71. The van der Waals surface area contributed by atoms with Gasteiger partial charge < -0.3 is 10.6 Å². The third-order valence-corrected chi connectivity index (χ3v) is 4.88. The van der Waals surface area contributed by atoms with Crippen LogP contribution in [0.1, 0.15) is 24.3 Å². The molecular weight excluding hydrogens is 385 g/mol. The lowest BCUT2D eigenvalue weighted by Gasteiger charge is -2.12. The highest BCUT2D eigenvalue weighted by atomic mass is 35.5. The van der Waals surface area contributed by atoms with E-state index in [0.717, 1.165) is 20.8 Å². The number of rotatable bonds is 6. The molecule has 0 aliphatic carbocycles. The second-order valence-corrected chi connectivity index (χ2v) is 6.88. The molecule has 4 nitrogen and oxygen atoms in total. The van der Waals surface area contributed by atoms with E-state index >= 15 is 0 Å². The number of halogens is 3. The third kappa shape index (κ3) is 6.02. The fraction of sp³-hybridized carbons (Fsp3) is 0.385. The second-order valence-electron chi connectivity index (χ2n) is 4.31. The summed E-state index contributed by atoms with van der Waals surface area (Å²) < 4.78 is 0.723. The molecule has 0 unspecified atom stereocenters. The molecule has 0 aliphatic heterocycles. The summed E-state index contributed by atoms with van der Waals surface area (Å²) >= 11 is 8.82. The van der Waals surface area contributed by atoms with Gasteiger partial charge in [-0.15, -0.1) is 47.5 Å². The van der Waals surface area contributed by atoms with Crippen molar-refractivity contribution in [2.75, 3.05) is 13.1 Å². The van der Waals surface area contributed by atoms with E-state index in [1.807, 2.05) is 26.0 Å². The molecule has 2 aromatic heterocycles. The van der Waals surface area contributed by atoms with E-state index in [0.29, 0.717) is 12.2 Å². The first-order valence-corrected chi connectivity index (χ1v) is 8.40. The van der Waals surface area contributed by atoms with Gasteiger partial charge in [0.05, 0.1) is 9.21 Å². The first-order chi connectivity index (χ1) is 9.60. The zero-order valence-electron chi connectivity index (χ0n) is 12.1. The molecule has 2 N–H and O–H groups in total. The summed E-state index contributed by atoms with van der Waals surface area (Å²) in [4.78, 5) is 17.3. The fourth-order valence-electron chi connectivity index (χ4n) is 1.68. The van der Waals surface area contributed by atoms with Crippen LogP contribution in [0, 0.1) is 0 Å². The number of hydrogen-bond acceptors (Lipinski definition) is 5. The number of carbonyl (C=O) groups is 1. The minimum atomic E-state index is -0.139. The monoisotopic (exact) mass is 401 g/mol. The van der Waals surface area contributed by atoms with Crippen LogP contribution in [-0.2, 0) is 0 Å². The van der Waals surface area contributed by atoms with Crippen molar-refractivity contribution in [2.24, 2.45) is 0 Å². The molecule has 9 heteroatoms. The van der Waals surface area contributed by atoms with Gasteiger partial charge in [-0.25, -0.2) is 4.98 Å². The quantitative estimate of drug-likeness (QED) is 0.765. The molecule has 1 amide bonds. The maximum atomic E-state index is 12.0. The molecule has 2 aromatic rings. The summed E-state index contributed by atoms with van der Waals surface area (Å²) in [5.74, 6) is -0.139. The van der Waals surface area contributed by atoms with Crippen molar-refractivity contribution in [2.45, 2.75) is 19.9 Å². The smallest absolute Gasteiger partial charge is 0.270 e. The number of thiophene rings is 1. The standard InChI is InChI=1S/C13H16ClN3OS2.2ClH/c1-3-15-8(2)6-16-12(18)9-7-19-13(17-9)10-4-5-11(14)20-10;;/h4-5,7-8,15H,3,6H2,1-2H3,(H,16,18);2*1H/t8-;;/m1../s1. The minimum absolute atomic E-state index is 0. The highest BCUT2D eigenvalue weighted by Gasteiger charge is 2.13. The molecular formula is C13H18Cl3N3OS2. The molecule has 124 valence electrons. The Morgan fingerprint density at radius 1 is 1.41 bits per heavy atom. The van der Waals surface area contributed by atoms with Crippen molar-refractivity contribution < 1.29 is 4.79 Å². The van der Waals surface area contributed by atoms with Crippen LogP contribution >= 0.6 is 59.1 Å². The van der Waals surface area contributed by atoms with Gasteiger partial charge in [-0.1, -0.05) is 18.5 Å². The van der Waals surface area contributed by atoms with Crippen molar-refractivity contribution in [3.8, 4) is 9.88 Å². The number of likely N-dealkylation sites (N-methyl/N-ethyl adjacent to an activating group) is 1. The van der Waals surface area contributed by atoms with Crippen LogP contribution in [0.5, 0.6) is 0 Å². The molecule has 0 aromatic carbocycles. The Bertz CT molecular complexity index is 589. The normalized spacial score (nSPS) is 11.2. The van der Waals surface area contributed by atoms with E-state index in [1.54, 1.807) is 5.38 Å². The summed E-state index contributed by atoms with van der Waals surface area (Å²) in [6.45, 7) is 5.54. The molecule has 0 radical (unpaired) electrons. The van der Waals surface area contributed by atoms with Gasteiger partial charge in [0.15, 0.2) is 0 Å². The van der Waals surface area contributed by atoms with Crippen molar-refractivity contribution in [1.29, 1.82) is 0 Å². The van der Waals surface area contributed by atoms with Crippen LogP contribution in [0.25, 0.3) is 9.88 Å². The first-order valence-electron chi connectivity index (χ1n) is 6.33. The largest absolute Gasteiger partial charge is 0.349 e. The summed E-state index contributed by atoms with van der Waals surface area (Å²) in [6.07, 6.45) is 0. The maximum Gasteiger partial charge on any atom is 0.270 e. The minimum Gasteiger partial charge on any atom is -0.349 e. The average Bonchev–Trinajstić information content (AvgIpc) is 3.04. The van der Waals surface area contributed by atoms with E-state index < -0.39 is 0 Å². The fourth-order valence-corrected chi connectivity index (χ4v) is 3.59. The lowest BCUT2D eigenvalue weighted by molar-refractivity contribution is 0.0946. The molecule has 1 atom stereocenters. The van der Waals surface area contributed by atoms with Crippen LogP contribution in [0.4, 0.5) is 0 Å². The van der Waals surface area contributed by atoms with Crippen molar-refractivity contribution in [3.05, 3.63) is 27.5 Å². The van der Waals surface area contributed by atoms with Crippen molar-refractivity contribution >= 4 is 65.0 Å². The van der Waals surface area contributed by atoms with Crippen LogP contribution in [-0.4, -0.2) is 30.0 Å². The van der Waals surface area contributed by atoms with Crippen LogP contribution < -0.4 is 10.6 Å². The number of amides is 1. The van der Waals surface area contributed by atoms with Gasteiger partial charge in [-0.05, 0) is 25.6 Å². The van der Waals surface area contributed by atoms with E-state index in [2.05, 4.69) is 15.6 Å². The number of hydrogen-bond donors (Lipinski definition) is 2. The molecule has 0 spiro atoms. The maximum absolute atomic E-state index is 12.0. The third-order valence-electron chi connectivity index (χ3n) is 2.64. The van der Waals surface area contributed by atoms with Gasteiger partial charge in [0.1, 0.15) is 10.7 Å². The van der Waals surface area contributed by atoms with E-state index in [9.17, 15) is 4.79 Å². The van der Waals surface area contributed by atoms with Gasteiger partial charge in [0.25, 0.3) is 5.91 Å². The Hall–Kier alpha value is -0.370. The van der Waals surface area contributed by atoms with E-state index in [4.69, 9.17) is 11.6 Å². The van der Waals surface area contributed by atoms with Gasteiger partial charge >= 0.3 is 0 Å². The molecule has 2 heterocycles. The number of nitrogens with zero attached hydrogens (tertiary/aromatic N) is 1. The Labute approximate surface area is 155 Å². The number of aromatic nitrogens is 1. The molecule has 0 fully saturated rings. The highest BCUT2D eigenvalue weighted by molar-refractivity contribution is 7.23. The molecule has 0 saturated heterocycles. The van der Waals surface area contributed by atoms with Crippen LogP contribution in [0.2, 0.25) is 4.34 Å². The van der Waals surface area contributed by atoms with Crippen LogP contribution in [0.15, 0.2) is 17.5 Å². The van der Waals surface area contributed by atoms with E-state index in [-0.39, 0.29) is 36.8 Å². The number of nitrogens with one attached hydrogen (secondary N) is 2. The van der Waals surface area contributed by atoms with Crippen molar-refractivity contribution in [1.82, 2.24) is 15.6 Å². The van der Waals surface area contributed by atoms with Crippen LogP contribution in [0.3, 0.4) is 0 Å². The summed E-state index contributed by atoms with van der Waals surface area (Å²) in [6, 6.07) is 4.00. The molecule has 0 aliphatic rings. The zero-order chi connectivity index (χ0) is 14.5. The Kier molecular flexibility index (Phi) is 10.2. The Morgan fingerprint density at radius 2 is 2.14 bits per heavy atom. The Morgan fingerprint density at radius 3 is 2.73 bits per heavy atom. The average molecular weight is 403 g/mol. The van der Waals surface area contributed by atoms with Gasteiger partial charge in [0.2, 0.25) is 0 Å². The molecule has 0 saturated carbocycles. The Balaban J connectivity index is 0.00000220. The predicted octanol–water partition coefficient (Wildman–Crippen LogP) is 4.10. The number of thiazole rings is 1. The first kappa shape index (κ1) is 21.6. The van der Waals surface area contributed by atoms with E-state index in [1.165, 1.54) is 22.7 Å². The lowest BCUT2D eigenvalue weighted by Crippen LogP contribution is -2.38. The van der Waals surface area contributed by atoms with Crippen molar-refractivity contribution in [3.63, 3.8) is 0 Å². The zero-order valence-corrected chi connectivity index (χ0v) is 16.1. The summed E-state index contributed by atoms with van der Waals surface area (Å²) in [7, 11) is 0. The predicted molar refractivity (Wildman–Crippen MR) is 100 cm³/mol. The summed E-state index contributed by atoms with van der Waals surface area (Å²) in [5.41, 5.74) is 0.457. The molecule has 22 heavy (non-hydrogen) atoms. The topological polar surface area (TPSA) is 54.0 Å². The molecule has 2 rings (SSSR count). The number of carbonyl (C=O) groups excluding carboxylic acids is 1. The van der Waals surface area contributed by atoms with Gasteiger partial charge in [0, 0.05) is 18.0 Å². The SMILES string of the molecule is CCN[C@H](C)CNC(=O)c1csc(-c2ccc(Cl)s2)n1.Cl.Cl. The van der Waals surface area contributed by atoms with Gasteiger partial charge in [-0.3, -0.25) is 4.79 Å². The highest BCUT2D eigenvalue weighted by Crippen LogP contribution is 2.32. The molecule has 0 bridgehead atoms. The van der Waals surface area contributed by atoms with Gasteiger partial charge in [-0.2, -0.15) is 0 Å². The second kappa shape index (κ2) is 10.4.